The molecule has 70 valence electrons. The number of hydrogen-bond acceptors (Lipinski definition) is 3. The molecule has 2 rings (SSSR count). The molecule has 0 radical (unpaired) electrons. The lowest BCUT2D eigenvalue weighted by Gasteiger charge is -2.32. The summed E-state index contributed by atoms with van der Waals surface area (Å²) in [5.74, 6) is 0. The van der Waals surface area contributed by atoms with Crippen LogP contribution in [0.15, 0.2) is 0 Å². The maximum atomic E-state index is 8.99. The standard InChI is InChI=1S/C9H17NO2/c11-6-8-5-9(7-10-8)1-3-12-4-2-9/h8,10-11H,1-7H2/t8-/m0/s1. The van der Waals surface area contributed by atoms with Crippen molar-refractivity contribution in [2.24, 2.45) is 5.41 Å². The summed E-state index contributed by atoms with van der Waals surface area (Å²) >= 11 is 0. The lowest BCUT2D eigenvalue weighted by molar-refractivity contribution is 0.0226. The van der Waals surface area contributed by atoms with Gasteiger partial charge in [0.15, 0.2) is 0 Å². The van der Waals surface area contributed by atoms with Crippen molar-refractivity contribution in [3.63, 3.8) is 0 Å². The molecule has 3 nitrogen and oxygen atoms in total. The Bertz CT molecular complexity index is 155. The van der Waals surface area contributed by atoms with Gasteiger partial charge in [-0.2, -0.15) is 0 Å². The Labute approximate surface area is 73.1 Å². The van der Waals surface area contributed by atoms with E-state index >= 15 is 0 Å². The van der Waals surface area contributed by atoms with E-state index in [0.29, 0.717) is 11.5 Å². The third-order valence-corrected chi connectivity index (χ3v) is 3.22. The molecule has 0 aromatic rings. The van der Waals surface area contributed by atoms with Crippen LogP contribution in [0, 0.1) is 5.41 Å². The topological polar surface area (TPSA) is 41.5 Å². The highest BCUT2D eigenvalue weighted by Gasteiger charge is 2.39. The molecule has 2 N–H and O–H groups in total. The number of hydrogen-bond donors (Lipinski definition) is 2. The quantitative estimate of drug-likeness (QED) is 0.589. The van der Waals surface area contributed by atoms with Gasteiger partial charge in [-0.3, -0.25) is 0 Å². The molecule has 2 fully saturated rings. The summed E-state index contributed by atoms with van der Waals surface area (Å²) in [4.78, 5) is 0. The summed E-state index contributed by atoms with van der Waals surface area (Å²) in [6.45, 7) is 3.16. The summed E-state index contributed by atoms with van der Waals surface area (Å²) in [5.41, 5.74) is 0.450. The highest BCUT2D eigenvalue weighted by molar-refractivity contribution is 4.94. The molecule has 0 unspecified atom stereocenters. The first kappa shape index (κ1) is 8.48. The van der Waals surface area contributed by atoms with Crippen LogP contribution in [0.25, 0.3) is 0 Å². The van der Waals surface area contributed by atoms with Crippen LogP contribution >= 0.6 is 0 Å². The molecule has 0 saturated carbocycles. The van der Waals surface area contributed by atoms with Crippen LogP contribution < -0.4 is 5.32 Å². The minimum atomic E-state index is 0.280. The van der Waals surface area contributed by atoms with Crippen molar-refractivity contribution < 1.29 is 9.84 Å². The zero-order valence-corrected chi connectivity index (χ0v) is 7.38. The van der Waals surface area contributed by atoms with E-state index in [0.717, 1.165) is 39.0 Å². The van der Waals surface area contributed by atoms with E-state index in [-0.39, 0.29) is 6.61 Å². The van der Waals surface area contributed by atoms with Gasteiger partial charge in [-0.25, -0.2) is 0 Å². The summed E-state index contributed by atoms with van der Waals surface area (Å²) in [6, 6.07) is 0.336. The van der Waals surface area contributed by atoms with Crippen LogP contribution in [0.4, 0.5) is 0 Å². The average Bonchev–Trinajstić information content (AvgIpc) is 2.50. The Morgan fingerprint density at radius 2 is 2.17 bits per heavy atom. The maximum absolute atomic E-state index is 8.99. The lowest BCUT2D eigenvalue weighted by atomic mass is 9.78. The Morgan fingerprint density at radius 3 is 2.75 bits per heavy atom. The molecule has 2 saturated heterocycles. The van der Waals surface area contributed by atoms with Crippen LogP contribution in [0.1, 0.15) is 19.3 Å². The number of aliphatic hydroxyl groups is 1. The van der Waals surface area contributed by atoms with E-state index in [1.54, 1.807) is 0 Å². The molecule has 1 spiro atoms. The van der Waals surface area contributed by atoms with Crippen molar-refractivity contribution in [1.29, 1.82) is 0 Å². The fourth-order valence-corrected chi connectivity index (χ4v) is 2.34. The average molecular weight is 171 g/mol. The molecule has 2 heterocycles. The lowest BCUT2D eigenvalue weighted by Crippen LogP contribution is -2.31. The molecule has 12 heavy (non-hydrogen) atoms. The van der Waals surface area contributed by atoms with Gasteiger partial charge in [0.25, 0.3) is 0 Å². The van der Waals surface area contributed by atoms with Gasteiger partial charge in [-0.15, -0.1) is 0 Å². The minimum absolute atomic E-state index is 0.280. The molecule has 0 amide bonds. The number of rotatable bonds is 1. The van der Waals surface area contributed by atoms with Crippen LogP contribution in [0.2, 0.25) is 0 Å². The van der Waals surface area contributed by atoms with Gasteiger partial charge in [0.1, 0.15) is 0 Å². The van der Waals surface area contributed by atoms with Crippen molar-refractivity contribution in [1.82, 2.24) is 5.32 Å². The molecule has 0 aromatic heterocycles. The normalized spacial score (nSPS) is 34.2. The van der Waals surface area contributed by atoms with Gasteiger partial charge in [0.05, 0.1) is 6.61 Å². The molecule has 1 atom stereocenters. The van der Waals surface area contributed by atoms with Gasteiger partial charge < -0.3 is 15.2 Å². The first-order chi connectivity index (χ1) is 5.85. The molecule has 0 aromatic carbocycles. The summed E-state index contributed by atoms with van der Waals surface area (Å²) in [6.07, 6.45) is 3.46. The SMILES string of the molecule is OC[C@@H]1CC2(CCOCC2)CN1. The predicted octanol–water partition coefficient (Wildman–Crippen LogP) is 0.137. The fourth-order valence-electron chi connectivity index (χ4n) is 2.34. The minimum Gasteiger partial charge on any atom is -0.395 e. The van der Waals surface area contributed by atoms with Crippen LogP contribution in [-0.2, 0) is 4.74 Å². The van der Waals surface area contributed by atoms with Gasteiger partial charge in [-0.05, 0) is 24.7 Å². The fraction of sp³-hybridized carbons (Fsp3) is 1.00. The first-order valence-corrected chi connectivity index (χ1v) is 4.77. The first-order valence-electron chi connectivity index (χ1n) is 4.77. The van der Waals surface area contributed by atoms with Crippen LogP contribution in [0.3, 0.4) is 0 Å². The van der Waals surface area contributed by atoms with Crippen molar-refractivity contribution in [2.75, 3.05) is 26.4 Å². The molecule has 2 aliphatic rings. The van der Waals surface area contributed by atoms with E-state index in [2.05, 4.69) is 5.32 Å². The number of ether oxygens (including phenoxy) is 1. The Balaban J connectivity index is 1.94. The largest absolute Gasteiger partial charge is 0.395 e. The van der Waals surface area contributed by atoms with E-state index in [9.17, 15) is 0 Å². The molecule has 3 heteroatoms. The Kier molecular flexibility index (Phi) is 2.35. The van der Waals surface area contributed by atoms with Gasteiger partial charge in [-0.1, -0.05) is 0 Å². The predicted molar refractivity (Wildman–Crippen MR) is 46.0 cm³/mol. The molecule has 0 bridgehead atoms. The molecule has 0 aliphatic carbocycles. The number of nitrogens with one attached hydrogen (secondary N) is 1. The van der Waals surface area contributed by atoms with Gasteiger partial charge in [0, 0.05) is 25.8 Å². The van der Waals surface area contributed by atoms with Crippen molar-refractivity contribution in [3.8, 4) is 0 Å². The van der Waals surface area contributed by atoms with E-state index in [4.69, 9.17) is 9.84 Å². The molecular formula is C9H17NO2. The highest BCUT2D eigenvalue weighted by Crippen LogP contribution is 2.38. The third kappa shape index (κ3) is 1.49. The highest BCUT2D eigenvalue weighted by atomic mass is 16.5. The second kappa shape index (κ2) is 3.32. The smallest absolute Gasteiger partial charge is 0.0584 e. The monoisotopic (exact) mass is 171 g/mol. The van der Waals surface area contributed by atoms with E-state index in [1.165, 1.54) is 0 Å². The van der Waals surface area contributed by atoms with Crippen molar-refractivity contribution in [3.05, 3.63) is 0 Å². The molecular weight excluding hydrogens is 154 g/mol. The molecule has 2 aliphatic heterocycles. The van der Waals surface area contributed by atoms with Crippen molar-refractivity contribution in [2.45, 2.75) is 25.3 Å². The summed E-state index contributed by atoms with van der Waals surface area (Å²) in [7, 11) is 0. The second-order valence-corrected chi connectivity index (χ2v) is 4.08. The second-order valence-electron chi connectivity index (χ2n) is 4.08. The Morgan fingerprint density at radius 1 is 1.42 bits per heavy atom. The van der Waals surface area contributed by atoms with E-state index in [1.807, 2.05) is 0 Å². The third-order valence-electron chi connectivity index (χ3n) is 3.22. The zero-order valence-electron chi connectivity index (χ0n) is 7.38. The summed E-state index contributed by atoms with van der Waals surface area (Å²) in [5, 5.41) is 12.3. The van der Waals surface area contributed by atoms with E-state index < -0.39 is 0 Å². The van der Waals surface area contributed by atoms with Gasteiger partial charge >= 0.3 is 0 Å². The van der Waals surface area contributed by atoms with Gasteiger partial charge in [0.2, 0.25) is 0 Å². The maximum Gasteiger partial charge on any atom is 0.0584 e. The number of aliphatic hydroxyl groups excluding tert-OH is 1. The zero-order chi connectivity index (χ0) is 8.44. The summed E-state index contributed by atoms with van der Waals surface area (Å²) < 4.78 is 5.33. The Hall–Kier alpha value is -0.120. The van der Waals surface area contributed by atoms with Crippen LogP contribution in [0.5, 0.6) is 0 Å². The van der Waals surface area contributed by atoms with Crippen LogP contribution in [-0.4, -0.2) is 37.5 Å². The van der Waals surface area contributed by atoms with Crippen molar-refractivity contribution >= 4 is 0 Å².